The minimum absolute atomic E-state index is 0.123. The van der Waals surface area contributed by atoms with E-state index in [1.54, 1.807) is 12.1 Å². The van der Waals surface area contributed by atoms with Crippen molar-refractivity contribution in [2.75, 3.05) is 22.4 Å². The van der Waals surface area contributed by atoms with Gasteiger partial charge in [-0.2, -0.15) is 0 Å². The summed E-state index contributed by atoms with van der Waals surface area (Å²) >= 11 is 5.99. The topological polar surface area (TPSA) is 75.7 Å². The molecule has 0 saturated heterocycles. The predicted molar refractivity (Wildman–Crippen MR) is 107 cm³/mol. The van der Waals surface area contributed by atoms with Crippen LogP contribution >= 0.6 is 11.6 Å². The molecule has 0 unspecified atom stereocenters. The van der Waals surface area contributed by atoms with Crippen LogP contribution in [0.25, 0.3) is 0 Å². The number of carbonyl (C=O) groups is 1. The number of fused-ring (bicyclic) bond motifs is 1. The van der Waals surface area contributed by atoms with E-state index < -0.39 is 22.0 Å². The van der Waals surface area contributed by atoms with E-state index in [4.69, 9.17) is 16.3 Å². The molecule has 27 heavy (non-hydrogen) atoms. The maximum absolute atomic E-state index is 12.8. The Morgan fingerprint density at radius 3 is 2.63 bits per heavy atom. The van der Waals surface area contributed by atoms with E-state index in [1.165, 1.54) is 6.07 Å². The number of benzene rings is 2. The van der Waals surface area contributed by atoms with Gasteiger partial charge in [0, 0.05) is 10.7 Å². The number of para-hydroxylation sites is 1. The molecule has 0 fully saturated rings. The summed E-state index contributed by atoms with van der Waals surface area (Å²) in [6.07, 6.45) is 0.111. The predicted octanol–water partition coefficient (Wildman–Crippen LogP) is 3.63. The lowest BCUT2D eigenvalue weighted by molar-refractivity contribution is -0.122. The Hall–Kier alpha value is -2.25. The van der Waals surface area contributed by atoms with Gasteiger partial charge in [0.05, 0.1) is 18.5 Å². The minimum atomic E-state index is -3.60. The summed E-state index contributed by atoms with van der Waals surface area (Å²) < 4.78 is 31.4. The monoisotopic (exact) mass is 408 g/mol. The molecule has 6 nitrogen and oxygen atoms in total. The number of amides is 1. The Morgan fingerprint density at radius 1 is 1.26 bits per heavy atom. The van der Waals surface area contributed by atoms with Crippen molar-refractivity contribution in [2.45, 2.75) is 25.9 Å². The van der Waals surface area contributed by atoms with Gasteiger partial charge in [-0.3, -0.25) is 9.10 Å². The first-order valence-electron chi connectivity index (χ1n) is 8.50. The highest BCUT2D eigenvalue weighted by Gasteiger charge is 2.35. The first-order valence-corrected chi connectivity index (χ1v) is 10.7. The van der Waals surface area contributed by atoms with Crippen molar-refractivity contribution in [1.82, 2.24) is 0 Å². The highest BCUT2D eigenvalue weighted by atomic mass is 35.5. The summed E-state index contributed by atoms with van der Waals surface area (Å²) in [5, 5.41) is 3.25. The molecular weight excluding hydrogens is 388 g/mol. The first-order chi connectivity index (χ1) is 12.7. The van der Waals surface area contributed by atoms with Crippen molar-refractivity contribution in [1.29, 1.82) is 0 Å². The molecule has 1 amide bonds. The number of halogens is 1. The zero-order valence-electron chi connectivity index (χ0n) is 15.3. The lowest BCUT2D eigenvalue weighted by Crippen LogP contribution is -2.48. The molecule has 8 heteroatoms. The molecule has 2 aromatic rings. The van der Waals surface area contributed by atoms with Gasteiger partial charge in [-0.1, -0.05) is 43.6 Å². The average molecular weight is 409 g/mol. The fourth-order valence-corrected chi connectivity index (χ4v) is 4.08. The summed E-state index contributed by atoms with van der Waals surface area (Å²) in [5.41, 5.74) is 2.01. The van der Waals surface area contributed by atoms with E-state index in [0.29, 0.717) is 22.1 Å². The number of ether oxygens (including phenoxy) is 1. The fourth-order valence-electron chi connectivity index (χ4n) is 3.00. The number of rotatable bonds is 4. The summed E-state index contributed by atoms with van der Waals surface area (Å²) in [6.45, 7) is 3.95. The second-order valence-corrected chi connectivity index (χ2v) is 9.09. The summed E-state index contributed by atoms with van der Waals surface area (Å²) in [4.78, 5) is 12.8. The Bertz CT molecular complexity index is 975. The van der Waals surface area contributed by atoms with E-state index in [9.17, 15) is 13.2 Å². The lowest BCUT2D eigenvalue weighted by atomic mass is 10.0. The highest BCUT2D eigenvalue weighted by molar-refractivity contribution is 7.92. The van der Waals surface area contributed by atoms with E-state index >= 15 is 0 Å². The SMILES string of the molecule is CC(C)c1ccccc1NC(=O)[C@@H]1CN(S(C)(=O)=O)c2cc(Cl)ccc2O1. The second kappa shape index (κ2) is 7.40. The van der Waals surface area contributed by atoms with E-state index in [1.807, 2.05) is 38.1 Å². The van der Waals surface area contributed by atoms with Crippen molar-refractivity contribution in [3.8, 4) is 5.75 Å². The molecule has 144 valence electrons. The number of sulfonamides is 1. The van der Waals surface area contributed by atoms with Crippen LogP contribution in [0.1, 0.15) is 25.3 Å². The molecule has 0 saturated carbocycles. The van der Waals surface area contributed by atoms with Crippen LogP contribution in [0, 0.1) is 0 Å². The van der Waals surface area contributed by atoms with Gasteiger partial charge in [0.1, 0.15) is 5.75 Å². The molecule has 2 aromatic carbocycles. The van der Waals surface area contributed by atoms with E-state index in [-0.39, 0.29) is 12.5 Å². The van der Waals surface area contributed by atoms with Gasteiger partial charge in [0.15, 0.2) is 6.10 Å². The number of hydrogen-bond acceptors (Lipinski definition) is 4. The largest absolute Gasteiger partial charge is 0.476 e. The van der Waals surface area contributed by atoms with Crippen molar-refractivity contribution < 1.29 is 17.9 Å². The normalized spacial score (nSPS) is 16.6. The smallest absolute Gasteiger partial charge is 0.267 e. The maximum Gasteiger partial charge on any atom is 0.267 e. The maximum atomic E-state index is 12.8. The molecule has 3 rings (SSSR count). The molecule has 0 aliphatic carbocycles. The number of hydrogen-bond donors (Lipinski definition) is 1. The molecule has 1 aliphatic rings. The third kappa shape index (κ3) is 4.20. The molecule has 1 heterocycles. The number of nitrogens with one attached hydrogen (secondary N) is 1. The standard InChI is InChI=1S/C19H21ClN2O4S/c1-12(2)14-6-4-5-7-15(14)21-19(23)18-11-22(27(3,24)25)16-10-13(20)8-9-17(16)26-18/h4-10,12,18H,11H2,1-3H3,(H,21,23)/t18-/m0/s1. The number of anilines is 2. The van der Waals surface area contributed by atoms with Crippen LogP contribution in [0.2, 0.25) is 5.02 Å². The Labute approximate surface area is 164 Å². The fraction of sp³-hybridized carbons (Fsp3) is 0.316. The number of nitrogens with zero attached hydrogens (tertiary/aromatic N) is 1. The van der Waals surface area contributed by atoms with Crippen LogP contribution < -0.4 is 14.4 Å². The minimum Gasteiger partial charge on any atom is -0.476 e. The van der Waals surface area contributed by atoms with E-state index in [0.717, 1.165) is 16.1 Å². The van der Waals surface area contributed by atoms with Crippen molar-refractivity contribution >= 4 is 38.9 Å². The molecule has 0 bridgehead atoms. The van der Waals surface area contributed by atoms with Crippen LogP contribution in [-0.2, 0) is 14.8 Å². The van der Waals surface area contributed by atoms with Gasteiger partial charge in [-0.25, -0.2) is 8.42 Å². The Balaban J connectivity index is 1.90. The van der Waals surface area contributed by atoms with E-state index in [2.05, 4.69) is 5.32 Å². The molecule has 1 aliphatic heterocycles. The quantitative estimate of drug-likeness (QED) is 0.838. The molecule has 1 atom stereocenters. The van der Waals surface area contributed by atoms with Gasteiger partial charge < -0.3 is 10.1 Å². The third-order valence-corrected chi connectivity index (χ3v) is 5.71. The summed E-state index contributed by atoms with van der Waals surface area (Å²) in [6, 6.07) is 12.2. The van der Waals surface area contributed by atoms with Crippen LogP contribution in [0.5, 0.6) is 5.75 Å². The third-order valence-electron chi connectivity index (χ3n) is 4.32. The molecular formula is C19H21ClN2O4S. The van der Waals surface area contributed by atoms with Crippen molar-refractivity contribution in [3.63, 3.8) is 0 Å². The molecule has 0 aromatic heterocycles. The van der Waals surface area contributed by atoms with Gasteiger partial charge in [-0.05, 0) is 35.7 Å². The van der Waals surface area contributed by atoms with Gasteiger partial charge in [-0.15, -0.1) is 0 Å². The zero-order chi connectivity index (χ0) is 19.8. The Kier molecular flexibility index (Phi) is 5.35. The van der Waals surface area contributed by atoms with Gasteiger partial charge in [0.2, 0.25) is 10.0 Å². The van der Waals surface area contributed by atoms with Crippen LogP contribution in [0.15, 0.2) is 42.5 Å². The lowest BCUT2D eigenvalue weighted by Gasteiger charge is -2.34. The van der Waals surface area contributed by atoms with Gasteiger partial charge in [0.25, 0.3) is 5.91 Å². The van der Waals surface area contributed by atoms with Crippen molar-refractivity contribution in [2.24, 2.45) is 0 Å². The van der Waals surface area contributed by atoms with Crippen molar-refractivity contribution in [3.05, 3.63) is 53.1 Å². The first kappa shape index (κ1) is 19.5. The summed E-state index contributed by atoms with van der Waals surface area (Å²) in [5.74, 6) is 0.120. The summed E-state index contributed by atoms with van der Waals surface area (Å²) in [7, 11) is -3.60. The van der Waals surface area contributed by atoms with Crippen LogP contribution in [0.4, 0.5) is 11.4 Å². The number of carbonyl (C=O) groups excluding carboxylic acids is 1. The zero-order valence-corrected chi connectivity index (χ0v) is 16.8. The molecule has 0 spiro atoms. The molecule has 0 radical (unpaired) electrons. The van der Waals surface area contributed by atoms with Crippen LogP contribution in [-0.4, -0.2) is 33.2 Å². The second-order valence-electron chi connectivity index (χ2n) is 6.74. The Morgan fingerprint density at radius 2 is 1.96 bits per heavy atom. The molecule has 1 N–H and O–H groups in total. The van der Waals surface area contributed by atoms with Crippen LogP contribution in [0.3, 0.4) is 0 Å². The highest BCUT2D eigenvalue weighted by Crippen LogP contribution is 2.37. The van der Waals surface area contributed by atoms with Gasteiger partial charge >= 0.3 is 0 Å². The average Bonchev–Trinajstić information content (AvgIpc) is 2.60.